The van der Waals surface area contributed by atoms with Gasteiger partial charge in [0.15, 0.2) is 0 Å². The van der Waals surface area contributed by atoms with Crippen LogP contribution in [0.4, 0.5) is 0 Å². The Morgan fingerprint density at radius 1 is 1.00 bits per heavy atom. The Hall–Kier alpha value is -3.48. The van der Waals surface area contributed by atoms with E-state index in [0.717, 1.165) is 5.39 Å². The van der Waals surface area contributed by atoms with E-state index >= 15 is 0 Å². The van der Waals surface area contributed by atoms with Crippen molar-refractivity contribution in [2.24, 2.45) is 0 Å². The minimum absolute atomic E-state index is 0.204. The maximum atomic E-state index is 12.2. The third-order valence-electron chi connectivity index (χ3n) is 3.42. The number of fused-ring (bicyclic) bond motifs is 1. The van der Waals surface area contributed by atoms with Crippen LogP contribution in [-0.4, -0.2) is 28.4 Å². The van der Waals surface area contributed by atoms with Gasteiger partial charge in [0.05, 0.1) is 12.1 Å². The van der Waals surface area contributed by atoms with Gasteiger partial charge < -0.3 is 4.74 Å². The Morgan fingerprint density at radius 3 is 2.64 bits per heavy atom. The minimum Gasteiger partial charge on any atom is -0.477 e. The first-order valence-electron chi connectivity index (χ1n) is 7.73. The zero-order valence-corrected chi connectivity index (χ0v) is 13.5. The summed E-state index contributed by atoms with van der Waals surface area (Å²) in [5.41, 5.74) is 5.83. The van der Waals surface area contributed by atoms with Gasteiger partial charge >= 0.3 is 0 Å². The third kappa shape index (κ3) is 3.72. The third-order valence-corrected chi connectivity index (χ3v) is 3.42. The Kier molecular flexibility index (Phi) is 4.84. The second-order valence-corrected chi connectivity index (χ2v) is 5.09. The molecule has 2 heterocycles. The van der Waals surface area contributed by atoms with E-state index in [1.165, 1.54) is 6.20 Å². The average Bonchev–Trinajstić information content (AvgIpc) is 2.66. The maximum absolute atomic E-state index is 12.2. The quantitative estimate of drug-likeness (QED) is 0.712. The van der Waals surface area contributed by atoms with E-state index in [1.807, 2.05) is 24.3 Å². The zero-order valence-electron chi connectivity index (χ0n) is 13.5. The van der Waals surface area contributed by atoms with Crippen molar-refractivity contribution in [3.05, 3.63) is 66.0 Å². The molecule has 0 saturated carbocycles. The number of pyridine rings is 2. The minimum atomic E-state index is -0.523. The van der Waals surface area contributed by atoms with E-state index in [0.29, 0.717) is 12.1 Å². The summed E-state index contributed by atoms with van der Waals surface area (Å²) >= 11 is 0. The summed E-state index contributed by atoms with van der Waals surface area (Å²) in [6, 6.07) is 14.0. The number of aromatic nitrogens is 2. The first-order valence-corrected chi connectivity index (χ1v) is 7.73. The fraction of sp³-hybridized carbons (Fsp3) is 0.111. The van der Waals surface area contributed by atoms with Crippen molar-refractivity contribution >= 4 is 22.7 Å². The number of hydrazine groups is 1. The van der Waals surface area contributed by atoms with Gasteiger partial charge in [-0.2, -0.15) is 0 Å². The molecule has 3 rings (SSSR count). The smallest absolute Gasteiger partial charge is 0.288 e. The fourth-order valence-electron chi connectivity index (χ4n) is 2.25. The number of hydrogen-bond acceptors (Lipinski definition) is 5. The van der Waals surface area contributed by atoms with Crippen LogP contribution < -0.4 is 15.6 Å². The van der Waals surface area contributed by atoms with Crippen molar-refractivity contribution < 1.29 is 14.3 Å². The molecular formula is C18H16N4O3. The number of carbonyl (C=O) groups is 2. The highest BCUT2D eigenvalue weighted by atomic mass is 16.5. The van der Waals surface area contributed by atoms with E-state index < -0.39 is 11.8 Å². The number of amides is 2. The van der Waals surface area contributed by atoms with Crippen LogP contribution in [0.15, 0.2) is 54.7 Å². The summed E-state index contributed by atoms with van der Waals surface area (Å²) in [7, 11) is 0. The van der Waals surface area contributed by atoms with Crippen molar-refractivity contribution in [1.29, 1.82) is 0 Å². The molecule has 0 radical (unpaired) electrons. The van der Waals surface area contributed by atoms with E-state index in [4.69, 9.17) is 4.74 Å². The molecule has 0 aliphatic rings. The van der Waals surface area contributed by atoms with E-state index in [1.54, 1.807) is 31.2 Å². The second kappa shape index (κ2) is 7.39. The summed E-state index contributed by atoms with van der Waals surface area (Å²) in [5, 5.41) is 0.930. The summed E-state index contributed by atoms with van der Waals surface area (Å²) in [5.74, 6) is -0.827. The molecule has 3 aromatic rings. The zero-order chi connectivity index (χ0) is 17.6. The molecule has 1 aromatic carbocycles. The van der Waals surface area contributed by atoms with Crippen LogP contribution in [0.2, 0.25) is 0 Å². The molecule has 0 saturated heterocycles. The van der Waals surface area contributed by atoms with Gasteiger partial charge in [0, 0.05) is 11.6 Å². The van der Waals surface area contributed by atoms with Crippen LogP contribution in [-0.2, 0) is 0 Å². The number of benzene rings is 1. The van der Waals surface area contributed by atoms with Gasteiger partial charge in [-0.15, -0.1) is 0 Å². The molecule has 2 aromatic heterocycles. The van der Waals surface area contributed by atoms with Gasteiger partial charge in [0.2, 0.25) is 5.88 Å². The van der Waals surface area contributed by atoms with Gasteiger partial charge in [0.25, 0.3) is 11.8 Å². The highest BCUT2D eigenvalue weighted by Gasteiger charge is 2.15. The molecule has 2 amide bonds. The Morgan fingerprint density at radius 2 is 1.80 bits per heavy atom. The Labute approximate surface area is 144 Å². The molecule has 25 heavy (non-hydrogen) atoms. The predicted molar refractivity (Wildman–Crippen MR) is 92.1 cm³/mol. The lowest BCUT2D eigenvalue weighted by molar-refractivity contribution is 0.0841. The standard InChI is InChI=1S/C18H16N4O3/c1-2-25-18-13(7-5-11-19-18)16(23)21-22-17(24)15-10-9-12-6-3-4-8-14(12)20-15/h3-11H,2H2,1H3,(H,21,23)(H,22,24). The van der Waals surface area contributed by atoms with E-state index in [9.17, 15) is 9.59 Å². The number of para-hydroxylation sites is 1. The number of nitrogens with zero attached hydrogens (tertiary/aromatic N) is 2. The summed E-state index contributed by atoms with van der Waals surface area (Å²) in [6.07, 6.45) is 1.53. The number of carbonyl (C=O) groups excluding carboxylic acids is 2. The highest BCUT2D eigenvalue weighted by molar-refractivity contribution is 6.00. The predicted octanol–water partition coefficient (Wildman–Crippen LogP) is 2.10. The molecule has 0 aliphatic carbocycles. The maximum Gasteiger partial charge on any atom is 0.288 e. The molecule has 2 N–H and O–H groups in total. The van der Waals surface area contributed by atoms with Crippen LogP contribution in [0.25, 0.3) is 10.9 Å². The average molecular weight is 336 g/mol. The van der Waals surface area contributed by atoms with Gasteiger partial charge in [-0.1, -0.05) is 24.3 Å². The van der Waals surface area contributed by atoms with Crippen molar-refractivity contribution in [1.82, 2.24) is 20.8 Å². The number of hydrogen-bond donors (Lipinski definition) is 2. The van der Waals surface area contributed by atoms with Crippen LogP contribution in [0.5, 0.6) is 5.88 Å². The monoisotopic (exact) mass is 336 g/mol. The molecule has 7 nitrogen and oxygen atoms in total. The van der Waals surface area contributed by atoms with Gasteiger partial charge in [-0.25, -0.2) is 9.97 Å². The Bertz CT molecular complexity index is 927. The molecule has 0 atom stereocenters. The van der Waals surface area contributed by atoms with E-state index in [-0.39, 0.29) is 17.1 Å². The van der Waals surface area contributed by atoms with Gasteiger partial charge in [0.1, 0.15) is 11.3 Å². The summed E-state index contributed by atoms with van der Waals surface area (Å²) in [4.78, 5) is 32.7. The van der Waals surface area contributed by atoms with Crippen LogP contribution in [0.1, 0.15) is 27.8 Å². The summed E-state index contributed by atoms with van der Waals surface area (Å²) < 4.78 is 5.30. The van der Waals surface area contributed by atoms with Crippen molar-refractivity contribution in [3.8, 4) is 5.88 Å². The molecule has 0 aliphatic heterocycles. The number of rotatable bonds is 4. The molecule has 0 spiro atoms. The van der Waals surface area contributed by atoms with Crippen molar-refractivity contribution in [2.75, 3.05) is 6.61 Å². The Balaban J connectivity index is 1.70. The number of nitrogens with one attached hydrogen (secondary N) is 2. The first kappa shape index (κ1) is 16.4. The molecular weight excluding hydrogens is 320 g/mol. The van der Waals surface area contributed by atoms with Crippen molar-refractivity contribution in [2.45, 2.75) is 6.92 Å². The SMILES string of the molecule is CCOc1ncccc1C(=O)NNC(=O)c1ccc2ccccc2n1. The molecule has 0 fully saturated rings. The van der Waals surface area contributed by atoms with Crippen LogP contribution in [0.3, 0.4) is 0 Å². The van der Waals surface area contributed by atoms with Crippen molar-refractivity contribution in [3.63, 3.8) is 0 Å². The summed E-state index contributed by atoms with van der Waals surface area (Å²) in [6.45, 7) is 2.17. The lowest BCUT2D eigenvalue weighted by Gasteiger charge is -2.10. The topological polar surface area (TPSA) is 93.2 Å². The lowest BCUT2D eigenvalue weighted by Crippen LogP contribution is -2.42. The van der Waals surface area contributed by atoms with Gasteiger partial charge in [-0.3, -0.25) is 20.4 Å². The molecule has 0 bridgehead atoms. The fourth-order valence-corrected chi connectivity index (χ4v) is 2.25. The van der Waals surface area contributed by atoms with E-state index in [2.05, 4.69) is 20.8 Å². The van der Waals surface area contributed by atoms with Crippen LogP contribution in [0, 0.1) is 0 Å². The number of ether oxygens (including phenoxy) is 1. The second-order valence-electron chi connectivity index (χ2n) is 5.09. The van der Waals surface area contributed by atoms with Gasteiger partial charge in [-0.05, 0) is 31.2 Å². The van der Waals surface area contributed by atoms with Crippen LogP contribution >= 0.6 is 0 Å². The molecule has 0 unspecified atom stereocenters. The highest BCUT2D eigenvalue weighted by Crippen LogP contribution is 2.14. The molecule has 7 heteroatoms. The normalized spacial score (nSPS) is 10.3. The lowest BCUT2D eigenvalue weighted by atomic mass is 10.2. The molecule has 126 valence electrons. The first-order chi connectivity index (χ1) is 12.2. The largest absolute Gasteiger partial charge is 0.477 e.